The number of carbonyl (C=O) groups excluding carboxylic acids is 1. The first-order valence-corrected chi connectivity index (χ1v) is 5.93. The summed E-state index contributed by atoms with van der Waals surface area (Å²) < 4.78 is 0. The minimum absolute atomic E-state index is 0.604. The van der Waals surface area contributed by atoms with Crippen molar-refractivity contribution in [3.05, 3.63) is 34.3 Å². The molecule has 0 aromatic heterocycles. The van der Waals surface area contributed by atoms with Crippen LogP contribution < -0.4 is 0 Å². The lowest BCUT2D eigenvalue weighted by Gasteiger charge is -2.22. The summed E-state index contributed by atoms with van der Waals surface area (Å²) in [6, 6.07) is 5.66. The molecule has 1 aromatic carbocycles. The Kier molecular flexibility index (Phi) is 3.42. The third kappa shape index (κ3) is 2.40. The topological polar surface area (TPSA) is 17.1 Å². The molecule has 2 heteroatoms. The molecule has 1 saturated carbocycles. The van der Waals surface area contributed by atoms with Crippen LogP contribution in [0, 0.1) is 0 Å². The Bertz CT molecular complexity index is 354. The van der Waals surface area contributed by atoms with Crippen LogP contribution in [0.4, 0.5) is 0 Å². The maximum Gasteiger partial charge on any atom is 0.150 e. The van der Waals surface area contributed by atoms with Crippen LogP contribution in [0.2, 0.25) is 5.02 Å². The van der Waals surface area contributed by atoms with Gasteiger partial charge in [-0.15, -0.1) is 0 Å². The van der Waals surface area contributed by atoms with E-state index in [0.717, 1.165) is 11.3 Å². The van der Waals surface area contributed by atoms with Crippen LogP contribution in [0.15, 0.2) is 18.2 Å². The number of halogens is 1. The predicted molar refractivity (Wildman–Crippen MR) is 62.7 cm³/mol. The number of benzene rings is 1. The average molecular weight is 223 g/mol. The number of carbonyl (C=O) groups is 1. The molecule has 0 amide bonds. The van der Waals surface area contributed by atoms with E-state index in [4.69, 9.17) is 11.6 Å². The summed E-state index contributed by atoms with van der Waals surface area (Å²) in [6.07, 6.45) is 7.27. The Hall–Kier alpha value is -0.820. The summed E-state index contributed by atoms with van der Waals surface area (Å²) >= 11 is 6.18. The van der Waals surface area contributed by atoms with E-state index in [9.17, 15) is 4.79 Å². The zero-order chi connectivity index (χ0) is 10.7. The summed E-state index contributed by atoms with van der Waals surface area (Å²) in [5.41, 5.74) is 1.89. The number of hydrogen-bond donors (Lipinski definition) is 0. The van der Waals surface area contributed by atoms with Gasteiger partial charge in [-0.25, -0.2) is 0 Å². The standard InChI is InChI=1S/C13H15ClO/c14-13-8-10(9-15)6-7-12(13)11-4-2-1-3-5-11/h6-9,11H,1-5H2. The molecule has 0 aliphatic heterocycles. The van der Waals surface area contributed by atoms with Crippen LogP contribution in [0.25, 0.3) is 0 Å². The van der Waals surface area contributed by atoms with E-state index in [1.165, 1.54) is 37.7 Å². The molecule has 0 saturated heterocycles. The molecule has 0 N–H and O–H groups in total. The van der Waals surface area contributed by atoms with Gasteiger partial charge in [0.15, 0.2) is 0 Å². The highest BCUT2D eigenvalue weighted by Gasteiger charge is 2.17. The van der Waals surface area contributed by atoms with Gasteiger partial charge < -0.3 is 0 Å². The van der Waals surface area contributed by atoms with Crippen molar-refractivity contribution in [1.82, 2.24) is 0 Å². The van der Waals surface area contributed by atoms with Crippen molar-refractivity contribution in [3.63, 3.8) is 0 Å². The van der Waals surface area contributed by atoms with Crippen LogP contribution in [0.3, 0.4) is 0 Å². The van der Waals surface area contributed by atoms with Crippen LogP contribution >= 0.6 is 11.6 Å². The lowest BCUT2D eigenvalue weighted by atomic mass is 9.84. The summed E-state index contributed by atoms with van der Waals surface area (Å²) in [6.45, 7) is 0. The summed E-state index contributed by atoms with van der Waals surface area (Å²) in [5.74, 6) is 0.604. The molecule has 0 bridgehead atoms. The van der Waals surface area contributed by atoms with Crippen molar-refractivity contribution in [2.24, 2.45) is 0 Å². The second-order valence-corrected chi connectivity index (χ2v) is 4.64. The van der Waals surface area contributed by atoms with Crippen molar-refractivity contribution < 1.29 is 4.79 Å². The third-order valence-corrected chi connectivity index (χ3v) is 3.53. The molecule has 0 unspecified atom stereocenters. The van der Waals surface area contributed by atoms with Gasteiger partial charge in [-0.3, -0.25) is 4.79 Å². The first kappa shape index (κ1) is 10.7. The molecule has 80 valence electrons. The van der Waals surface area contributed by atoms with Crippen LogP contribution in [-0.2, 0) is 0 Å². The molecule has 2 rings (SSSR count). The minimum Gasteiger partial charge on any atom is -0.298 e. The van der Waals surface area contributed by atoms with Crippen molar-refractivity contribution in [3.8, 4) is 0 Å². The van der Waals surface area contributed by atoms with Crippen LogP contribution in [0.5, 0.6) is 0 Å². The van der Waals surface area contributed by atoms with Crippen LogP contribution in [0.1, 0.15) is 53.9 Å². The van der Waals surface area contributed by atoms with E-state index < -0.39 is 0 Å². The molecule has 0 spiro atoms. The van der Waals surface area contributed by atoms with Crippen molar-refractivity contribution in [2.45, 2.75) is 38.0 Å². The van der Waals surface area contributed by atoms with E-state index in [1.54, 1.807) is 6.07 Å². The van der Waals surface area contributed by atoms with Gasteiger partial charge in [0.2, 0.25) is 0 Å². The van der Waals surface area contributed by atoms with Gasteiger partial charge in [-0.05, 0) is 30.4 Å². The fourth-order valence-corrected chi connectivity index (χ4v) is 2.70. The Morgan fingerprint density at radius 1 is 1.20 bits per heavy atom. The van der Waals surface area contributed by atoms with E-state index in [2.05, 4.69) is 0 Å². The van der Waals surface area contributed by atoms with Gasteiger partial charge in [-0.1, -0.05) is 43.0 Å². The molecular formula is C13H15ClO. The second kappa shape index (κ2) is 4.80. The Morgan fingerprint density at radius 2 is 1.93 bits per heavy atom. The molecule has 1 nitrogen and oxygen atoms in total. The normalized spacial score (nSPS) is 17.7. The largest absolute Gasteiger partial charge is 0.298 e. The number of rotatable bonds is 2. The van der Waals surface area contributed by atoms with E-state index in [0.29, 0.717) is 11.5 Å². The Balaban J connectivity index is 2.23. The number of hydrogen-bond acceptors (Lipinski definition) is 1. The van der Waals surface area contributed by atoms with Gasteiger partial charge in [0.05, 0.1) is 0 Å². The van der Waals surface area contributed by atoms with Crippen LogP contribution in [-0.4, -0.2) is 6.29 Å². The first-order valence-electron chi connectivity index (χ1n) is 5.56. The fraction of sp³-hybridized carbons (Fsp3) is 0.462. The lowest BCUT2D eigenvalue weighted by Crippen LogP contribution is -2.05. The third-order valence-electron chi connectivity index (χ3n) is 3.21. The highest BCUT2D eigenvalue weighted by Crippen LogP contribution is 2.36. The maximum atomic E-state index is 10.6. The SMILES string of the molecule is O=Cc1ccc(C2CCCCC2)c(Cl)c1. The zero-order valence-corrected chi connectivity index (χ0v) is 9.46. The predicted octanol–water partition coefficient (Wildman–Crippen LogP) is 4.20. The summed E-state index contributed by atoms with van der Waals surface area (Å²) in [7, 11) is 0. The highest BCUT2D eigenvalue weighted by atomic mass is 35.5. The van der Waals surface area contributed by atoms with Gasteiger partial charge in [0, 0.05) is 10.6 Å². The maximum absolute atomic E-state index is 10.6. The molecule has 1 aromatic rings. The summed E-state index contributed by atoms with van der Waals surface area (Å²) in [4.78, 5) is 10.6. The quantitative estimate of drug-likeness (QED) is 0.686. The van der Waals surface area contributed by atoms with Crippen molar-refractivity contribution in [1.29, 1.82) is 0 Å². The Morgan fingerprint density at radius 3 is 2.53 bits per heavy atom. The zero-order valence-electron chi connectivity index (χ0n) is 8.71. The van der Waals surface area contributed by atoms with Gasteiger partial charge in [0.25, 0.3) is 0 Å². The lowest BCUT2D eigenvalue weighted by molar-refractivity contribution is 0.112. The monoisotopic (exact) mass is 222 g/mol. The van der Waals surface area contributed by atoms with Gasteiger partial charge in [-0.2, -0.15) is 0 Å². The average Bonchev–Trinajstić information content (AvgIpc) is 2.30. The molecule has 1 fully saturated rings. The molecule has 0 heterocycles. The van der Waals surface area contributed by atoms with E-state index in [1.807, 2.05) is 12.1 Å². The fourth-order valence-electron chi connectivity index (χ4n) is 2.36. The molecule has 0 atom stereocenters. The smallest absolute Gasteiger partial charge is 0.150 e. The second-order valence-electron chi connectivity index (χ2n) is 4.23. The first-order chi connectivity index (χ1) is 7.31. The van der Waals surface area contributed by atoms with Gasteiger partial charge >= 0.3 is 0 Å². The van der Waals surface area contributed by atoms with Gasteiger partial charge in [0.1, 0.15) is 6.29 Å². The molecule has 0 radical (unpaired) electrons. The molecule has 1 aliphatic rings. The van der Waals surface area contributed by atoms with Crippen molar-refractivity contribution in [2.75, 3.05) is 0 Å². The molecule has 1 aliphatic carbocycles. The highest BCUT2D eigenvalue weighted by molar-refractivity contribution is 6.31. The van der Waals surface area contributed by atoms with E-state index in [-0.39, 0.29) is 0 Å². The minimum atomic E-state index is 0.604. The van der Waals surface area contributed by atoms with E-state index >= 15 is 0 Å². The van der Waals surface area contributed by atoms with Crippen molar-refractivity contribution >= 4 is 17.9 Å². The summed E-state index contributed by atoms with van der Waals surface area (Å²) in [5, 5.41) is 0.756. The Labute approximate surface area is 95.4 Å². The molecular weight excluding hydrogens is 208 g/mol. The molecule has 15 heavy (non-hydrogen) atoms. The number of aldehydes is 1.